The van der Waals surface area contributed by atoms with E-state index in [1.165, 1.54) is 0 Å². The van der Waals surface area contributed by atoms with E-state index in [2.05, 4.69) is 6.58 Å². The number of benzene rings is 3. The minimum absolute atomic E-state index is 0.249. The summed E-state index contributed by atoms with van der Waals surface area (Å²) in [6, 6.07) is 21.7. The normalized spacial score (nSPS) is 10.2. The van der Waals surface area contributed by atoms with Crippen LogP contribution in [0.2, 0.25) is 5.02 Å². The highest BCUT2D eigenvalue weighted by molar-refractivity contribution is 6.32. The maximum Gasteiger partial charge on any atom is 0.343 e. The van der Waals surface area contributed by atoms with E-state index in [9.17, 15) is 9.59 Å². The van der Waals surface area contributed by atoms with Gasteiger partial charge < -0.3 is 14.2 Å². The van der Waals surface area contributed by atoms with Crippen LogP contribution in [0, 0.1) is 0 Å². The lowest BCUT2D eigenvalue weighted by atomic mass is 10.1. The number of carbonyl (C=O) groups is 2. The summed E-state index contributed by atoms with van der Waals surface area (Å²) in [5, 5.41) is 0.354. The van der Waals surface area contributed by atoms with Gasteiger partial charge in [-0.05, 0) is 47.5 Å². The topological polar surface area (TPSA) is 61.8 Å². The van der Waals surface area contributed by atoms with E-state index in [0.717, 1.165) is 17.2 Å². The fraction of sp³-hybridized carbons (Fsp3) is 0.120. The number of esters is 2. The van der Waals surface area contributed by atoms with Gasteiger partial charge in [0, 0.05) is 12.5 Å². The molecule has 0 aliphatic heterocycles. The molecule has 0 saturated carbocycles. The van der Waals surface area contributed by atoms with Crippen molar-refractivity contribution in [2.24, 2.45) is 0 Å². The van der Waals surface area contributed by atoms with E-state index < -0.39 is 11.9 Å². The maximum absolute atomic E-state index is 12.4. The average Bonchev–Trinajstić information content (AvgIpc) is 2.81. The molecule has 0 fully saturated rings. The first kappa shape index (κ1) is 22.1. The van der Waals surface area contributed by atoms with E-state index in [4.69, 9.17) is 25.8 Å². The Bertz CT molecular complexity index is 1050. The van der Waals surface area contributed by atoms with Crippen molar-refractivity contribution < 1.29 is 23.8 Å². The van der Waals surface area contributed by atoms with Crippen LogP contribution in [0.3, 0.4) is 0 Å². The summed E-state index contributed by atoms with van der Waals surface area (Å²) >= 11 is 6.31. The van der Waals surface area contributed by atoms with Crippen LogP contribution in [0.1, 0.15) is 16.8 Å². The van der Waals surface area contributed by atoms with Gasteiger partial charge in [-0.25, -0.2) is 9.59 Å². The summed E-state index contributed by atoms with van der Waals surface area (Å²) in [5.74, 6) is -0.0903. The number of ether oxygens (including phenoxy) is 3. The smallest absolute Gasteiger partial charge is 0.343 e. The highest BCUT2D eigenvalue weighted by Crippen LogP contribution is 2.31. The molecule has 0 atom stereocenters. The molecule has 158 valence electrons. The molecule has 0 heterocycles. The standard InChI is InChI=1S/C25H21ClO5/c1-2-24(27)30-16-6-15-29-21-12-9-19(10-13-21)25(28)31-23-14-11-20(17-22(23)26)18-7-4-3-5-8-18/h2-5,7-14,17H,1,6,15-16H2. The van der Waals surface area contributed by atoms with Crippen LogP contribution in [0.25, 0.3) is 11.1 Å². The van der Waals surface area contributed by atoms with E-state index in [1.807, 2.05) is 36.4 Å². The fourth-order valence-corrected chi connectivity index (χ4v) is 2.94. The number of carbonyl (C=O) groups excluding carboxylic acids is 2. The molecule has 3 rings (SSSR count). The Balaban J connectivity index is 1.53. The molecular weight excluding hydrogens is 416 g/mol. The Morgan fingerprint density at radius 1 is 0.903 bits per heavy atom. The maximum atomic E-state index is 12.4. The average molecular weight is 437 g/mol. The third-order valence-electron chi connectivity index (χ3n) is 4.30. The summed E-state index contributed by atoms with van der Waals surface area (Å²) in [6.07, 6.45) is 1.66. The Morgan fingerprint density at radius 2 is 1.65 bits per heavy atom. The quantitative estimate of drug-likeness (QED) is 0.186. The fourth-order valence-electron chi connectivity index (χ4n) is 2.72. The minimum atomic E-state index is -0.516. The second kappa shape index (κ2) is 11.0. The first-order valence-electron chi connectivity index (χ1n) is 9.66. The van der Waals surface area contributed by atoms with Crippen molar-refractivity contribution in [2.45, 2.75) is 6.42 Å². The molecule has 0 aliphatic carbocycles. The van der Waals surface area contributed by atoms with E-state index in [-0.39, 0.29) is 6.61 Å². The lowest BCUT2D eigenvalue weighted by Gasteiger charge is -2.10. The summed E-state index contributed by atoms with van der Waals surface area (Å²) in [7, 11) is 0. The van der Waals surface area contributed by atoms with Gasteiger partial charge in [0.25, 0.3) is 0 Å². The predicted octanol–water partition coefficient (Wildman–Crippen LogP) is 5.72. The minimum Gasteiger partial charge on any atom is -0.493 e. The Morgan fingerprint density at radius 3 is 2.32 bits per heavy atom. The summed E-state index contributed by atoms with van der Waals surface area (Å²) in [6.45, 7) is 3.95. The zero-order valence-corrected chi connectivity index (χ0v) is 17.5. The molecule has 0 unspecified atom stereocenters. The van der Waals surface area contributed by atoms with Crippen LogP contribution < -0.4 is 9.47 Å². The van der Waals surface area contributed by atoms with Gasteiger partial charge in [-0.3, -0.25) is 0 Å². The Hall–Kier alpha value is -3.57. The lowest BCUT2D eigenvalue weighted by molar-refractivity contribution is -0.137. The Labute approximate surface area is 185 Å². The van der Waals surface area contributed by atoms with E-state index >= 15 is 0 Å². The summed E-state index contributed by atoms with van der Waals surface area (Å²) in [5.41, 5.74) is 2.33. The van der Waals surface area contributed by atoms with E-state index in [0.29, 0.717) is 35.1 Å². The van der Waals surface area contributed by atoms with Crippen LogP contribution >= 0.6 is 11.6 Å². The molecule has 0 bridgehead atoms. The molecule has 0 amide bonds. The predicted molar refractivity (Wildman–Crippen MR) is 120 cm³/mol. The van der Waals surface area contributed by atoms with Crippen molar-refractivity contribution >= 4 is 23.5 Å². The lowest BCUT2D eigenvalue weighted by Crippen LogP contribution is -2.09. The van der Waals surface area contributed by atoms with Gasteiger partial charge in [0.05, 0.1) is 23.8 Å². The summed E-state index contributed by atoms with van der Waals surface area (Å²) in [4.78, 5) is 23.4. The van der Waals surface area contributed by atoms with Crippen molar-refractivity contribution in [3.05, 3.63) is 96.0 Å². The molecule has 0 N–H and O–H groups in total. The largest absolute Gasteiger partial charge is 0.493 e. The molecule has 0 spiro atoms. The SMILES string of the molecule is C=CC(=O)OCCCOc1ccc(C(=O)Oc2ccc(-c3ccccc3)cc2Cl)cc1. The van der Waals surface area contributed by atoms with Gasteiger partial charge >= 0.3 is 11.9 Å². The van der Waals surface area contributed by atoms with Gasteiger partial charge in [0.2, 0.25) is 0 Å². The molecule has 0 aliphatic rings. The zero-order chi connectivity index (χ0) is 22.1. The molecule has 0 saturated heterocycles. The molecule has 0 radical (unpaired) electrons. The molecule has 31 heavy (non-hydrogen) atoms. The second-order valence-electron chi connectivity index (χ2n) is 6.50. The monoisotopic (exact) mass is 436 g/mol. The van der Waals surface area contributed by atoms with E-state index in [1.54, 1.807) is 36.4 Å². The summed E-state index contributed by atoms with van der Waals surface area (Å²) < 4.78 is 15.9. The van der Waals surface area contributed by atoms with Gasteiger partial charge in [-0.1, -0.05) is 54.6 Å². The third kappa shape index (κ3) is 6.46. The molecule has 5 nitrogen and oxygen atoms in total. The molecule has 0 aromatic heterocycles. The van der Waals surface area contributed by atoms with Gasteiger partial charge in [0.15, 0.2) is 0 Å². The van der Waals surface area contributed by atoms with Crippen molar-refractivity contribution in [2.75, 3.05) is 13.2 Å². The van der Waals surface area contributed by atoms with Crippen molar-refractivity contribution in [1.29, 1.82) is 0 Å². The van der Waals surface area contributed by atoms with Crippen LogP contribution in [0.15, 0.2) is 85.5 Å². The molecule has 3 aromatic rings. The second-order valence-corrected chi connectivity index (χ2v) is 6.91. The first-order valence-corrected chi connectivity index (χ1v) is 10.0. The van der Waals surface area contributed by atoms with Crippen LogP contribution in [-0.4, -0.2) is 25.2 Å². The highest BCUT2D eigenvalue weighted by atomic mass is 35.5. The molecular formula is C25H21ClO5. The number of rotatable bonds is 9. The first-order chi connectivity index (χ1) is 15.1. The van der Waals surface area contributed by atoms with Crippen molar-refractivity contribution in [1.82, 2.24) is 0 Å². The number of hydrogen-bond donors (Lipinski definition) is 0. The van der Waals surface area contributed by atoms with Crippen LogP contribution in [0.5, 0.6) is 11.5 Å². The molecule has 3 aromatic carbocycles. The molecule has 6 heteroatoms. The third-order valence-corrected chi connectivity index (χ3v) is 4.60. The van der Waals surface area contributed by atoms with Gasteiger partial charge in [-0.15, -0.1) is 0 Å². The van der Waals surface area contributed by atoms with Crippen LogP contribution in [-0.2, 0) is 9.53 Å². The van der Waals surface area contributed by atoms with Gasteiger partial charge in [-0.2, -0.15) is 0 Å². The van der Waals surface area contributed by atoms with Gasteiger partial charge in [0.1, 0.15) is 11.5 Å². The number of halogens is 1. The van der Waals surface area contributed by atoms with Crippen molar-refractivity contribution in [3.63, 3.8) is 0 Å². The van der Waals surface area contributed by atoms with Crippen molar-refractivity contribution in [3.8, 4) is 22.6 Å². The van der Waals surface area contributed by atoms with Crippen LogP contribution in [0.4, 0.5) is 0 Å². The zero-order valence-electron chi connectivity index (χ0n) is 16.8. The number of hydrogen-bond acceptors (Lipinski definition) is 5. The Kier molecular flexibility index (Phi) is 7.85. The highest BCUT2D eigenvalue weighted by Gasteiger charge is 2.12.